The van der Waals surface area contributed by atoms with Crippen LogP contribution in [0.1, 0.15) is 52.7 Å². The van der Waals surface area contributed by atoms with Gasteiger partial charge >= 0.3 is 0 Å². The van der Waals surface area contributed by atoms with E-state index in [0.717, 1.165) is 22.3 Å². The number of hydrogen-bond acceptors (Lipinski definition) is 2. The van der Waals surface area contributed by atoms with E-state index < -0.39 is 0 Å². The molecule has 0 radical (unpaired) electrons. The summed E-state index contributed by atoms with van der Waals surface area (Å²) in [4.78, 5) is 9.12. The van der Waals surface area contributed by atoms with Gasteiger partial charge in [-0.2, -0.15) is 0 Å². The van der Waals surface area contributed by atoms with Crippen LogP contribution in [0.3, 0.4) is 0 Å². The number of benzene rings is 5. The van der Waals surface area contributed by atoms with Gasteiger partial charge in [-0.3, -0.25) is 0 Å². The fourth-order valence-corrected chi connectivity index (χ4v) is 7.70. The zero-order valence-electron chi connectivity index (χ0n) is 27.3. The highest BCUT2D eigenvalue weighted by Gasteiger charge is 2.18. The van der Waals surface area contributed by atoms with Crippen LogP contribution in [-0.2, 0) is 10.8 Å². The van der Waals surface area contributed by atoms with Gasteiger partial charge in [0.2, 0.25) is 0 Å². The van der Waals surface area contributed by atoms with Gasteiger partial charge < -0.3 is 4.98 Å². The number of para-hydroxylation sites is 1. The van der Waals surface area contributed by atoms with Crippen LogP contribution in [-0.4, -0.2) is 9.97 Å². The molecule has 0 amide bonds. The number of nitrogens with one attached hydrogen (secondary N) is 1. The summed E-state index contributed by atoms with van der Waals surface area (Å²) < 4.78 is 2.46. The van der Waals surface area contributed by atoms with Crippen molar-refractivity contribution in [2.75, 3.05) is 0 Å². The highest BCUT2D eigenvalue weighted by atomic mass is 32.1. The molecule has 2 nitrogen and oxygen atoms in total. The van der Waals surface area contributed by atoms with E-state index in [1.54, 1.807) is 0 Å². The van der Waals surface area contributed by atoms with E-state index in [9.17, 15) is 0 Å². The number of pyridine rings is 1. The molecule has 0 saturated carbocycles. The maximum absolute atomic E-state index is 5.41. The van der Waals surface area contributed by atoms with E-state index in [1.165, 1.54) is 64.5 Å². The Morgan fingerprint density at radius 3 is 1.70 bits per heavy atom. The van der Waals surface area contributed by atoms with Gasteiger partial charge in [-0.1, -0.05) is 114 Å². The summed E-state index contributed by atoms with van der Waals surface area (Å²) in [6.07, 6.45) is 0. The Labute approximate surface area is 274 Å². The number of aromatic amines is 1. The first-order valence-corrected chi connectivity index (χ1v) is 16.9. The third kappa shape index (κ3) is 4.91. The van der Waals surface area contributed by atoms with E-state index in [0.29, 0.717) is 0 Å². The molecule has 0 fully saturated rings. The molecule has 8 rings (SSSR count). The van der Waals surface area contributed by atoms with E-state index >= 15 is 0 Å². The molecule has 0 saturated heterocycles. The lowest BCUT2D eigenvalue weighted by Crippen LogP contribution is -2.10. The molecule has 0 atom stereocenters. The van der Waals surface area contributed by atoms with Crippen molar-refractivity contribution in [1.82, 2.24) is 9.97 Å². The lowest BCUT2D eigenvalue weighted by Gasteiger charge is -2.20. The molecule has 1 N–H and O–H groups in total. The molecule has 0 aliphatic heterocycles. The van der Waals surface area contributed by atoms with Gasteiger partial charge in [0.15, 0.2) is 0 Å². The fraction of sp³-hybridized carbons (Fsp3) is 0.186. The average Bonchev–Trinajstić information content (AvgIpc) is 3.62. The summed E-state index contributed by atoms with van der Waals surface area (Å²) >= 11 is 1.81. The number of H-pyrrole nitrogens is 1. The Hall–Kier alpha value is -4.73. The first kappa shape index (κ1) is 28.7. The topological polar surface area (TPSA) is 28.7 Å². The van der Waals surface area contributed by atoms with Crippen molar-refractivity contribution in [3.63, 3.8) is 0 Å². The average molecular weight is 615 g/mol. The third-order valence-electron chi connectivity index (χ3n) is 9.36. The molecule has 8 aromatic rings. The normalized spacial score (nSPS) is 12.6. The van der Waals surface area contributed by atoms with Gasteiger partial charge in [0.05, 0.1) is 21.4 Å². The molecule has 0 aliphatic rings. The van der Waals surface area contributed by atoms with Crippen molar-refractivity contribution in [2.45, 2.75) is 52.4 Å². The maximum atomic E-state index is 5.41. The fourth-order valence-electron chi connectivity index (χ4n) is 6.64. The summed E-state index contributed by atoms with van der Waals surface area (Å²) in [5.41, 5.74) is 13.2. The molecular weight excluding hydrogens is 577 g/mol. The van der Waals surface area contributed by atoms with Gasteiger partial charge in [-0.15, -0.1) is 11.3 Å². The Morgan fingerprint density at radius 1 is 0.522 bits per heavy atom. The molecule has 226 valence electrons. The van der Waals surface area contributed by atoms with Gasteiger partial charge in [0.1, 0.15) is 0 Å². The van der Waals surface area contributed by atoms with Crippen molar-refractivity contribution in [1.29, 1.82) is 0 Å². The molecule has 0 bridgehead atoms. The number of nitrogens with zero attached hydrogens (tertiary/aromatic N) is 1. The minimum absolute atomic E-state index is 0.110. The van der Waals surface area contributed by atoms with Crippen molar-refractivity contribution < 1.29 is 0 Å². The van der Waals surface area contributed by atoms with E-state index in [-0.39, 0.29) is 10.8 Å². The van der Waals surface area contributed by atoms with Crippen molar-refractivity contribution in [2.24, 2.45) is 0 Å². The van der Waals surface area contributed by atoms with Gasteiger partial charge in [-0.05, 0) is 86.7 Å². The van der Waals surface area contributed by atoms with Gasteiger partial charge in [0, 0.05) is 31.9 Å². The van der Waals surface area contributed by atoms with E-state index in [2.05, 4.69) is 162 Å². The van der Waals surface area contributed by atoms with Crippen molar-refractivity contribution in [3.05, 3.63) is 126 Å². The van der Waals surface area contributed by atoms with Crippen LogP contribution in [0.25, 0.3) is 75.6 Å². The molecule has 3 heteroatoms. The van der Waals surface area contributed by atoms with Gasteiger partial charge in [-0.25, -0.2) is 4.98 Å². The summed E-state index contributed by atoms with van der Waals surface area (Å²) in [6.45, 7) is 13.6. The highest BCUT2D eigenvalue weighted by Crippen LogP contribution is 2.41. The highest BCUT2D eigenvalue weighted by molar-refractivity contribution is 7.26. The zero-order chi connectivity index (χ0) is 31.8. The number of thiophene rings is 1. The predicted octanol–water partition coefficient (Wildman–Crippen LogP) is 12.7. The first-order chi connectivity index (χ1) is 22.0. The molecule has 3 aromatic heterocycles. The van der Waals surface area contributed by atoms with E-state index in [1.807, 2.05) is 11.3 Å². The molecule has 46 heavy (non-hydrogen) atoms. The minimum atomic E-state index is 0.110. The summed E-state index contributed by atoms with van der Waals surface area (Å²) in [7, 11) is 0. The van der Waals surface area contributed by atoms with Crippen LogP contribution in [0.2, 0.25) is 0 Å². The van der Waals surface area contributed by atoms with E-state index in [4.69, 9.17) is 4.98 Å². The van der Waals surface area contributed by atoms with Crippen LogP contribution in [0.4, 0.5) is 0 Å². The quantitative estimate of drug-likeness (QED) is 0.211. The lowest BCUT2D eigenvalue weighted by atomic mass is 9.85. The van der Waals surface area contributed by atoms with Gasteiger partial charge in [0.25, 0.3) is 0 Å². The SMILES string of the molecule is CC(C)(C)c1ccc(-c2cc(-c3ccc(C(C)(C)C)cc3)cc(-c3ccc4sc5ccc6c7ccccc7[nH]c6c5c4n3)c2)cc1. The Bertz CT molecular complexity index is 2330. The number of hydrogen-bond donors (Lipinski definition) is 1. The third-order valence-corrected chi connectivity index (χ3v) is 10.5. The smallest absolute Gasteiger partial charge is 0.0917 e. The van der Waals surface area contributed by atoms with Crippen LogP contribution in [0.5, 0.6) is 0 Å². The predicted molar refractivity (Wildman–Crippen MR) is 200 cm³/mol. The summed E-state index contributed by atoms with van der Waals surface area (Å²) in [5, 5.41) is 3.71. The van der Waals surface area contributed by atoms with Crippen LogP contribution in [0.15, 0.2) is 115 Å². The number of fused-ring (bicyclic) bond motifs is 7. The minimum Gasteiger partial charge on any atom is -0.354 e. The Morgan fingerprint density at radius 2 is 1.09 bits per heavy atom. The van der Waals surface area contributed by atoms with Crippen LogP contribution in [0, 0.1) is 0 Å². The van der Waals surface area contributed by atoms with Crippen LogP contribution >= 0.6 is 11.3 Å². The molecule has 0 spiro atoms. The lowest BCUT2D eigenvalue weighted by molar-refractivity contribution is 0.590. The van der Waals surface area contributed by atoms with Crippen molar-refractivity contribution >= 4 is 53.4 Å². The Balaban J connectivity index is 1.32. The number of aromatic nitrogens is 2. The standard InChI is InChI=1S/C43H38N2S/c1-42(2,3)31-15-11-26(12-16-31)28-23-29(27-13-17-32(18-14-27)43(4,5)6)25-30(24-28)35-20-22-38-41(44-35)39-37(46-38)21-19-34-33-9-7-8-10-36(33)45-40(34)39/h7-25,45H,1-6H3. The second-order valence-electron chi connectivity index (χ2n) is 14.6. The largest absolute Gasteiger partial charge is 0.354 e. The molecule has 0 aliphatic carbocycles. The van der Waals surface area contributed by atoms with Crippen LogP contribution < -0.4 is 0 Å². The van der Waals surface area contributed by atoms with Crippen molar-refractivity contribution in [3.8, 4) is 33.5 Å². The molecule has 3 heterocycles. The molecular formula is C43H38N2S. The summed E-state index contributed by atoms with van der Waals surface area (Å²) in [5.74, 6) is 0. The first-order valence-electron chi connectivity index (χ1n) is 16.1. The molecule has 5 aromatic carbocycles. The maximum Gasteiger partial charge on any atom is 0.0917 e. The molecule has 0 unspecified atom stereocenters. The zero-order valence-corrected chi connectivity index (χ0v) is 28.1. The Kier molecular flexibility index (Phi) is 6.49. The number of rotatable bonds is 3. The second-order valence-corrected chi connectivity index (χ2v) is 15.7. The second kappa shape index (κ2) is 10.4. The monoisotopic (exact) mass is 614 g/mol. The summed E-state index contributed by atoms with van der Waals surface area (Å²) in [6, 6.07) is 42.6.